The topological polar surface area (TPSA) is 94.1 Å². The zero-order chi connectivity index (χ0) is 16.2. The molecule has 2 aromatic heterocycles. The van der Waals surface area contributed by atoms with Gasteiger partial charge in [0.15, 0.2) is 11.6 Å². The van der Waals surface area contributed by atoms with Crippen LogP contribution in [0.3, 0.4) is 0 Å². The highest BCUT2D eigenvalue weighted by Crippen LogP contribution is 2.38. The Hall–Kier alpha value is -1.74. The van der Waals surface area contributed by atoms with Crippen LogP contribution in [0.25, 0.3) is 0 Å². The molecule has 0 unspecified atom stereocenters. The summed E-state index contributed by atoms with van der Waals surface area (Å²) in [6.07, 6.45) is 2.90. The molecule has 1 aliphatic carbocycles. The minimum absolute atomic E-state index is 0.184. The van der Waals surface area contributed by atoms with Crippen molar-refractivity contribution in [1.29, 1.82) is 0 Å². The summed E-state index contributed by atoms with van der Waals surface area (Å²) < 4.78 is 34.1. The molecule has 0 N–H and O–H groups in total. The molecule has 0 bridgehead atoms. The fraction of sp³-hybridized carbons (Fsp3) is 0.643. The van der Waals surface area contributed by atoms with E-state index in [1.165, 1.54) is 4.31 Å². The van der Waals surface area contributed by atoms with Gasteiger partial charge >= 0.3 is 0 Å². The van der Waals surface area contributed by atoms with Gasteiger partial charge in [0, 0.05) is 25.4 Å². The van der Waals surface area contributed by atoms with Crippen LogP contribution in [0.2, 0.25) is 0 Å². The van der Waals surface area contributed by atoms with E-state index in [4.69, 9.17) is 4.52 Å². The molecule has 0 aromatic carbocycles. The first kappa shape index (κ1) is 14.8. The zero-order valence-electron chi connectivity index (χ0n) is 13.2. The lowest BCUT2D eigenvalue weighted by molar-refractivity contribution is 0.387. The molecular weight excluding hydrogens is 318 g/mol. The monoisotopic (exact) mass is 337 g/mol. The largest absolute Gasteiger partial charge is 0.360 e. The summed E-state index contributed by atoms with van der Waals surface area (Å²) >= 11 is 0. The average Bonchev–Trinajstić information content (AvgIpc) is 3.23. The number of nitrogens with zero attached hydrogens (tertiary/aromatic N) is 5. The fourth-order valence-corrected chi connectivity index (χ4v) is 4.75. The van der Waals surface area contributed by atoms with Crippen LogP contribution < -0.4 is 0 Å². The Labute approximate surface area is 134 Å². The van der Waals surface area contributed by atoms with E-state index in [-0.39, 0.29) is 4.90 Å². The van der Waals surface area contributed by atoms with Crippen LogP contribution >= 0.6 is 0 Å². The van der Waals surface area contributed by atoms with E-state index in [0.29, 0.717) is 43.4 Å². The first-order valence-corrected chi connectivity index (χ1v) is 9.27. The number of aryl methyl sites for hydroxylation is 2. The first-order valence-electron chi connectivity index (χ1n) is 7.83. The second-order valence-corrected chi connectivity index (χ2v) is 8.07. The third-order valence-corrected chi connectivity index (χ3v) is 6.56. The Morgan fingerprint density at radius 3 is 2.61 bits per heavy atom. The number of sulfonamides is 1. The highest BCUT2D eigenvalue weighted by molar-refractivity contribution is 7.89. The lowest BCUT2D eigenvalue weighted by Crippen LogP contribution is -2.34. The minimum Gasteiger partial charge on any atom is -0.360 e. The van der Waals surface area contributed by atoms with Gasteiger partial charge in [0.05, 0.1) is 6.54 Å². The minimum atomic E-state index is -3.60. The Bertz CT molecular complexity index is 805. The van der Waals surface area contributed by atoms with Crippen LogP contribution in [0.4, 0.5) is 0 Å². The van der Waals surface area contributed by atoms with Crippen molar-refractivity contribution in [1.82, 2.24) is 24.2 Å². The average molecular weight is 337 g/mol. The first-order chi connectivity index (χ1) is 11.0. The van der Waals surface area contributed by atoms with Gasteiger partial charge < -0.3 is 4.52 Å². The molecule has 0 radical (unpaired) electrons. The molecule has 2 aromatic rings. The fourth-order valence-electron chi connectivity index (χ4n) is 3.03. The van der Waals surface area contributed by atoms with E-state index in [9.17, 15) is 8.42 Å². The molecule has 1 aliphatic heterocycles. The van der Waals surface area contributed by atoms with Crippen LogP contribution in [0.5, 0.6) is 0 Å². The van der Waals surface area contributed by atoms with Crippen molar-refractivity contribution in [2.24, 2.45) is 0 Å². The molecule has 4 rings (SSSR count). The van der Waals surface area contributed by atoms with Gasteiger partial charge in [0.2, 0.25) is 10.0 Å². The standard InChI is InChI=1S/C14H19N5O3S/c1-9-13(10(2)22-17-9)23(20,21)18-6-5-12-15-14(11-3-4-11)16-19(12)8-7-18/h11H,3-8H2,1-2H3. The number of fused-ring (bicyclic) bond motifs is 1. The summed E-state index contributed by atoms with van der Waals surface area (Å²) in [6.45, 7) is 4.58. The van der Waals surface area contributed by atoms with Gasteiger partial charge in [-0.3, -0.25) is 0 Å². The predicted octanol–water partition coefficient (Wildman–Crippen LogP) is 1.01. The highest BCUT2D eigenvalue weighted by Gasteiger charge is 2.34. The molecule has 0 spiro atoms. The Morgan fingerprint density at radius 1 is 1.17 bits per heavy atom. The lowest BCUT2D eigenvalue weighted by Gasteiger charge is -2.19. The van der Waals surface area contributed by atoms with Gasteiger partial charge in [-0.15, -0.1) is 0 Å². The molecule has 23 heavy (non-hydrogen) atoms. The Morgan fingerprint density at radius 2 is 1.96 bits per heavy atom. The summed E-state index contributed by atoms with van der Waals surface area (Å²) in [5, 5.41) is 8.30. The Balaban J connectivity index is 1.59. The number of aromatic nitrogens is 4. The van der Waals surface area contributed by atoms with E-state index in [2.05, 4.69) is 15.2 Å². The van der Waals surface area contributed by atoms with Crippen molar-refractivity contribution in [3.8, 4) is 0 Å². The van der Waals surface area contributed by atoms with Crippen molar-refractivity contribution < 1.29 is 12.9 Å². The van der Waals surface area contributed by atoms with Crippen LogP contribution in [0, 0.1) is 13.8 Å². The van der Waals surface area contributed by atoms with Crippen LogP contribution in [-0.2, 0) is 23.0 Å². The van der Waals surface area contributed by atoms with Crippen molar-refractivity contribution in [3.63, 3.8) is 0 Å². The number of hydrogen-bond donors (Lipinski definition) is 0. The normalized spacial score (nSPS) is 19.6. The Kier molecular flexibility index (Phi) is 3.31. The third kappa shape index (κ3) is 2.47. The summed E-state index contributed by atoms with van der Waals surface area (Å²) in [5.74, 6) is 2.64. The predicted molar refractivity (Wildman–Crippen MR) is 80.4 cm³/mol. The van der Waals surface area contributed by atoms with Crippen molar-refractivity contribution >= 4 is 10.0 Å². The maximum absolute atomic E-state index is 12.9. The molecule has 0 amide bonds. The van der Waals surface area contributed by atoms with Gasteiger partial charge in [-0.25, -0.2) is 18.1 Å². The van der Waals surface area contributed by atoms with Crippen molar-refractivity contribution in [3.05, 3.63) is 23.1 Å². The van der Waals surface area contributed by atoms with Gasteiger partial charge in [-0.05, 0) is 26.7 Å². The molecule has 0 saturated heterocycles. The van der Waals surface area contributed by atoms with Crippen molar-refractivity contribution in [2.75, 3.05) is 13.1 Å². The highest BCUT2D eigenvalue weighted by atomic mass is 32.2. The summed E-state index contributed by atoms with van der Waals surface area (Å²) in [6, 6.07) is 0. The second kappa shape index (κ2) is 5.13. The third-order valence-electron chi connectivity index (χ3n) is 4.42. The molecule has 1 fully saturated rings. The second-order valence-electron chi connectivity index (χ2n) is 6.19. The molecule has 9 heteroatoms. The van der Waals surface area contributed by atoms with Crippen LogP contribution in [0.15, 0.2) is 9.42 Å². The smallest absolute Gasteiger partial charge is 0.248 e. The quantitative estimate of drug-likeness (QED) is 0.829. The molecule has 2 aliphatic rings. The summed E-state index contributed by atoms with van der Waals surface area (Å²) in [7, 11) is -3.60. The maximum atomic E-state index is 12.9. The van der Waals surface area contributed by atoms with Crippen LogP contribution in [0.1, 0.15) is 41.9 Å². The van der Waals surface area contributed by atoms with E-state index in [0.717, 1.165) is 24.5 Å². The van der Waals surface area contributed by atoms with E-state index in [1.807, 2.05) is 4.68 Å². The van der Waals surface area contributed by atoms with Gasteiger partial charge in [-0.2, -0.15) is 9.40 Å². The van der Waals surface area contributed by atoms with Crippen molar-refractivity contribution in [2.45, 2.75) is 50.5 Å². The summed E-state index contributed by atoms with van der Waals surface area (Å²) in [5.41, 5.74) is 0.402. The number of hydrogen-bond acceptors (Lipinski definition) is 6. The van der Waals surface area contributed by atoms with Crippen LogP contribution in [-0.4, -0.2) is 45.7 Å². The zero-order valence-corrected chi connectivity index (χ0v) is 14.0. The van der Waals surface area contributed by atoms with Gasteiger partial charge in [0.1, 0.15) is 16.4 Å². The van der Waals surface area contributed by atoms with Gasteiger partial charge in [-0.1, -0.05) is 5.16 Å². The van der Waals surface area contributed by atoms with Gasteiger partial charge in [0.25, 0.3) is 0 Å². The molecular formula is C14H19N5O3S. The molecule has 8 nitrogen and oxygen atoms in total. The molecule has 1 saturated carbocycles. The molecule has 124 valence electrons. The SMILES string of the molecule is Cc1noc(C)c1S(=O)(=O)N1CCc2nc(C3CC3)nn2CC1. The lowest BCUT2D eigenvalue weighted by atomic mass is 10.4. The number of rotatable bonds is 3. The van der Waals surface area contributed by atoms with E-state index >= 15 is 0 Å². The summed E-state index contributed by atoms with van der Waals surface area (Å²) in [4.78, 5) is 4.77. The van der Waals surface area contributed by atoms with E-state index < -0.39 is 10.0 Å². The molecule has 3 heterocycles. The maximum Gasteiger partial charge on any atom is 0.248 e. The molecule has 0 atom stereocenters. The van der Waals surface area contributed by atoms with E-state index in [1.54, 1.807) is 13.8 Å².